The van der Waals surface area contributed by atoms with Crippen LogP contribution in [0, 0.1) is 5.82 Å². The Morgan fingerprint density at radius 3 is 2.52 bits per heavy atom. The SMILES string of the molecule is Fc1cccc2c(OCCc3cccc(Oc4ccccc4)c3)ncnc12. The maximum absolute atomic E-state index is 13.8. The van der Waals surface area contributed by atoms with E-state index in [4.69, 9.17) is 9.47 Å². The topological polar surface area (TPSA) is 44.2 Å². The van der Waals surface area contributed by atoms with Gasteiger partial charge in [0, 0.05) is 6.42 Å². The molecule has 1 aromatic heterocycles. The molecule has 0 N–H and O–H groups in total. The van der Waals surface area contributed by atoms with Crippen molar-refractivity contribution in [2.45, 2.75) is 6.42 Å². The van der Waals surface area contributed by atoms with Crippen molar-refractivity contribution >= 4 is 10.9 Å². The van der Waals surface area contributed by atoms with E-state index in [-0.39, 0.29) is 11.3 Å². The van der Waals surface area contributed by atoms with Gasteiger partial charge >= 0.3 is 0 Å². The second-order valence-electron chi connectivity index (χ2n) is 5.98. The maximum atomic E-state index is 13.8. The van der Waals surface area contributed by atoms with E-state index in [1.54, 1.807) is 12.1 Å². The van der Waals surface area contributed by atoms with Gasteiger partial charge in [0.1, 0.15) is 29.2 Å². The lowest BCUT2D eigenvalue weighted by molar-refractivity contribution is 0.313. The first-order valence-corrected chi connectivity index (χ1v) is 8.63. The monoisotopic (exact) mass is 360 g/mol. The number of fused-ring (bicyclic) bond motifs is 1. The van der Waals surface area contributed by atoms with Crippen LogP contribution in [0.4, 0.5) is 4.39 Å². The number of ether oxygens (including phenoxy) is 2. The second-order valence-corrected chi connectivity index (χ2v) is 5.98. The lowest BCUT2D eigenvalue weighted by Crippen LogP contribution is -2.04. The molecule has 5 heteroatoms. The summed E-state index contributed by atoms with van der Waals surface area (Å²) in [5.41, 5.74) is 1.34. The molecule has 0 radical (unpaired) electrons. The molecule has 0 unspecified atom stereocenters. The molecule has 3 aromatic carbocycles. The van der Waals surface area contributed by atoms with Gasteiger partial charge in [-0.3, -0.25) is 0 Å². The maximum Gasteiger partial charge on any atom is 0.224 e. The van der Waals surface area contributed by atoms with Gasteiger partial charge in [-0.15, -0.1) is 0 Å². The smallest absolute Gasteiger partial charge is 0.224 e. The highest BCUT2D eigenvalue weighted by Gasteiger charge is 2.08. The normalized spacial score (nSPS) is 10.7. The van der Waals surface area contributed by atoms with Crippen LogP contribution in [0.2, 0.25) is 0 Å². The van der Waals surface area contributed by atoms with Crippen molar-refractivity contribution in [3.8, 4) is 17.4 Å². The van der Waals surface area contributed by atoms with Crippen molar-refractivity contribution in [1.82, 2.24) is 9.97 Å². The number of nitrogens with zero attached hydrogens (tertiary/aromatic N) is 2. The van der Waals surface area contributed by atoms with Gasteiger partial charge in [0.25, 0.3) is 0 Å². The van der Waals surface area contributed by atoms with Crippen LogP contribution in [-0.4, -0.2) is 16.6 Å². The summed E-state index contributed by atoms with van der Waals surface area (Å²) in [6.07, 6.45) is 1.99. The average molecular weight is 360 g/mol. The Hall–Kier alpha value is -3.47. The largest absolute Gasteiger partial charge is 0.477 e. The first-order valence-electron chi connectivity index (χ1n) is 8.63. The van der Waals surface area contributed by atoms with Crippen molar-refractivity contribution < 1.29 is 13.9 Å². The fourth-order valence-electron chi connectivity index (χ4n) is 2.80. The van der Waals surface area contributed by atoms with Crippen LogP contribution >= 0.6 is 0 Å². The van der Waals surface area contributed by atoms with E-state index in [9.17, 15) is 4.39 Å². The van der Waals surface area contributed by atoms with Gasteiger partial charge in [-0.1, -0.05) is 36.4 Å². The Morgan fingerprint density at radius 2 is 1.63 bits per heavy atom. The molecule has 0 aliphatic carbocycles. The van der Waals surface area contributed by atoms with Gasteiger partial charge in [0.05, 0.1) is 12.0 Å². The molecule has 0 saturated heterocycles. The number of para-hydroxylation sites is 2. The van der Waals surface area contributed by atoms with Gasteiger partial charge in [0.15, 0.2) is 0 Å². The van der Waals surface area contributed by atoms with E-state index in [2.05, 4.69) is 9.97 Å². The van der Waals surface area contributed by atoms with Crippen LogP contribution < -0.4 is 9.47 Å². The summed E-state index contributed by atoms with van der Waals surface area (Å²) in [7, 11) is 0. The third-order valence-electron chi connectivity index (χ3n) is 4.09. The third kappa shape index (κ3) is 4.03. The molecule has 0 saturated carbocycles. The van der Waals surface area contributed by atoms with Gasteiger partial charge in [-0.05, 0) is 42.0 Å². The first-order chi connectivity index (χ1) is 13.3. The fraction of sp³-hybridized carbons (Fsp3) is 0.0909. The summed E-state index contributed by atoms with van der Waals surface area (Å²) in [6.45, 7) is 0.414. The van der Waals surface area contributed by atoms with E-state index in [0.717, 1.165) is 17.1 Å². The summed E-state index contributed by atoms with van der Waals surface area (Å²) in [4.78, 5) is 8.10. The summed E-state index contributed by atoms with van der Waals surface area (Å²) in [5, 5.41) is 0.568. The number of benzene rings is 3. The molecule has 4 rings (SSSR count). The molecule has 27 heavy (non-hydrogen) atoms. The van der Waals surface area contributed by atoms with Crippen LogP contribution in [0.5, 0.6) is 17.4 Å². The molecule has 4 aromatic rings. The van der Waals surface area contributed by atoms with E-state index in [1.807, 2.05) is 54.6 Å². The predicted molar refractivity (Wildman–Crippen MR) is 102 cm³/mol. The number of halogens is 1. The van der Waals surface area contributed by atoms with Crippen LogP contribution in [-0.2, 0) is 6.42 Å². The molecule has 0 aliphatic heterocycles. The zero-order valence-electron chi connectivity index (χ0n) is 14.5. The highest BCUT2D eigenvalue weighted by molar-refractivity contribution is 5.83. The summed E-state index contributed by atoms with van der Waals surface area (Å²) in [5.74, 6) is 1.57. The fourth-order valence-corrected chi connectivity index (χ4v) is 2.80. The minimum absolute atomic E-state index is 0.265. The zero-order valence-corrected chi connectivity index (χ0v) is 14.5. The van der Waals surface area contributed by atoms with Gasteiger partial charge in [-0.2, -0.15) is 0 Å². The average Bonchev–Trinajstić information content (AvgIpc) is 2.70. The summed E-state index contributed by atoms with van der Waals surface area (Å²) >= 11 is 0. The van der Waals surface area contributed by atoms with Crippen molar-refractivity contribution in [2.24, 2.45) is 0 Å². The Kier molecular flexibility index (Phi) is 4.92. The molecule has 0 amide bonds. The number of hydrogen-bond acceptors (Lipinski definition) is 4. The highest BCUT2D eigenvalue weighted by Crippen LogP contribution is 2.24. The lowest BCUT2D eigenvalue weighted by Gasteiger charge is -2.09. The van der Waals surface area contributed by atoms with Crippen LogP contribution in [0.1, 0.15) is 5.56 Å². The van der Waals surface area contributed by atoms with Crippen molar-refractivity contribution in [1.29, 1.82) is 0 Å². The van der Waals surface area contributed by atoms with E-state index >= 15 is 0 Å². The molecule has 0 atom stereocenters. The molecule has 0 aliphatic rings. The molecule has 134 valence electrons. The van der Waals surface area contributed by atoms with Crippen LogP contribution in [0.15, 0.2) is 79.1 Å². The molecule has 1 heterocycles. The zero-order chi connectivity index (χ0) is 18.5. The van der Waals surface area contributed by atoms with Crippen molar-refractivity contribution in [2.75, 3.05) is 6.61 Å². The van der Waals surface area contributed by atoms with Crippen molar-refractivity contribution in [3.05, 3.63) is 90.5 Å². The molecular formula is C22H17FN2O2. The van der Waals surface area contributed by atoms with Crippen molar-refractivity contribution in [3.63, 3.8) is 0 Å². The third-order valence-corrected chi connectivity index (χ3v) is 4.09. The Morgan fingerprint density at radius 1 is 0.815 bits per heavy atom. The second kappa shape index (κ2) is 7.83. The highest BCUT2D eigenvalue weighted by atomic mass is 19.1. The molecule has 0 spiro atoms. The number of aromatic nitrogens is 2. The molecule has 4 nitrogen and oxygen atoms in total. The summed E-state index contributed by atoms with van der Waals surface area (Å²) in [6, 6.07) is 22.2. The number of rotatable bonds is 6. The molecular weight excluding hydrogens is 343 g/mol. The Balaban J connectivity index is 1.43. The minimum atomic E-state index is -0.384. The molecule has 0 bridgehead atoms. The van der Waals surface area contributed by atoms with Gasteiger partial charge in [-0.25, -0.2) is 14.4 Å². The van der Waals surface area contributed by atoms with Crippen LogP contribution in [0.3, 0.4) is 0 Å². The molecule has 0 fully saturated rings. The Labute approximate surface area is 156 Å². The van der Waals surface area contributed by atoms with Gasteiger partial charge < -0.3 is 9.47 Å². The van der Waals surface area contributed by atoms with E-state index < -0.39 is 0 Å². The van der Waals surface area contributed by atoms with E-state index in [0.29, 0.717) is 24.3 Å². The first kappa shape index (κ1) is 17.0. The Bertz CT molecular complexity index is 1050. The predicted octanol–water partition coefficient (Wildman–Crippen LogP) is 5.18. The van der Waals surface area contributed by atoms with E-state index in [1.165, 1.54) is 12.4 Å². The van der Waals surface area contributed by atoms with Gasteiger partial charge in [0.2, 0.25) is 5.88 Å². The minimum Gasteiger partial charge on any atom is -0.477 e. The quantitative estimate of drug-likeness (QED) is 0.475. The standard InChI is InChI=1S/C22H17FN2O2/c23-20-11-5-10-19-21(20)24-15-25-22(19)26-13-12-16-6-4-9-18(14-16)27-17-7-2-1-3-8-17/h1-11,14-15H,12-13H2. The summed E-state index contributed by atoms with van der Waals surface area (Å²) < 4.78 is 25.4. The van der Waals surface area contributed by atoms with Crippen LogP contribution in [0.25, 0.3) is 10.9 Å². The number of hydrogen-bond donors (Lipinski definition) is 0. The lowest BCUT2D eigenvalue weighted by atomic mass is 10.1.